The maximum absolute atomic E-state index is 12.0. The number of nitriles is 1. The molecule has 0 spiro atoms. The standard InChI is InChI=1S/C20H20N6O6/c1-23-19-5-18(6-19,7-19)9-31-17(29)30-4-12-14(27)15(28)20(8-21,32-12)13-3-2-11-16(22)24-10-25-26(11)13/h2-3,10,12,14-15,27-28H,4-7,9H2,(H2,22,24,25)/t12-,14-,15-,18?,19?,20+/m1/s1. The van der Waals surface area contributed by atoms with Crippen molar-refractivity contribution in [3.8, 4) is 6.07 Å². The molecule has 1 saturated heterocycles. The van der Waals surface area contributed by atoms with Crippen LogP contribution in [-0.2, 0) is 19.8 Å². The number of nitrogens with two attached hydrogens (primary N) is 1. The van der Waals surface area contributed by atoms with Crippen LogP contribution in [0.4, 0.5) is 10.6 Å². The van der Waals surface area contributed by atoms with Gasteiger partial charge in [-0.2, -0.15) is 10.4 Å². The van der Waals surface area contributed by atoms with E-state index in [1.165, 1.54) is 16.9 Å². The van der Waals surface area contributed by atoms with Crippen LogP contribution in [0, 0.1) is 23.3 Å². The number of fused-ring (bicyclic) bond motifs is 1. The minimum Gasteiger partial charge on any atom is -0.434 e. The second-order valence-electron chi connectivity index (χ2n) is 8.82. The maximum Gasteiger partial charge on any atom is 0.508 e. The van der Waals surface area contributed by atoms with Gasteiger partial charge in [0.1, 0.15) is 49.4 Å². The molecule has 12 nitrogen and oxygen atoms in total. The monoisotopic (exact) mass is 440 g/mol. The van der Waals surface area contributed by atoms with E-state index in [-0.39, 0.29) is 29.1 Å². The fourth-order valence-electron chi connectivity index (χ4n) is 5.16. The summed E-state index contributed by atoms with van der Waals surface area (Å²) in [5.41, 5.74) is 4.02. The number of carbonyl (C=O) groups is 1. The number of carbonyl (C=O) groups excluding carboxylic acids is 1. The average molecular weight is 440 g/mol. The van der Waals surface area contributed by atoms with Crippen LogP contribution >= 0.6 is 0 Å². The molecule has 4 fully saturated rings. The van der Waals surface area contributed by atoms with Gasteiger partial charge in [0.05, 0.1) is 5.69 Å². The van der Waals surface area contributed by atoms with Crippen molar-refractivity contribution in [1.29, 1.82) is 5.26 Å². The third-order valence-electron chi connectivity index (χ3n) is 6.70. The second-order valence-corrected chi connectivity index (χ2v) is 8.82. The molecule has 3 heterocycles. The van der Waals surface area contributed by atoms with Crippen molar-refractivity contribution in [3.63, 3.8) is 0 Å². The predicted octanol–water partition coefficient (Wildman–Crippen LogP) is 0.146. The second kappa shape index (κ2) is 6.77. The van der Waals surface area contributed by atoms with Gasteiger partial charge < -0.3 is 35.0 Å². The summed E-state index contributed by atoms with van der Waals surface area (Å²) in [6.45, 7) is 6.88. The number of aliphatic hydroxyl groups excluding tert-OH is 2. The maximum atomic E-state index is 12.0. The zero-order chi connectivity index (χ0) is 22.7. The molecule has 32 heavy (non-hydrogen) atoms. The van der Waals surface area contributed by atoms with E-state index in [1.807, 2.05) is 6.07 Å². The molecular formula is C20H20N6O6. The van der Waals surface area contributed by atoms with Crippen molar-refractivity contribution in [3.05, 3.63) is 35.6 Å². The van der Waals surface area contributed by atoms with E-state index in [1.54, 1.807) is 6.07 Å². The summed E-state index contributed by atoms with van der Waals surface area (Å²) < 4.78 is 17.2. The van der Waals surface area contributed by atoms with Gasteiger partial charge in [0.25, 0.3) is 0 Å². The van der Waals surface area contributed by atoms with Crippen LogP contribution in [0.3, 0.4) is 0 Å². The highest BCUT2D eigenvalue weighted by Gasteiger charge is 2.75. The molecule has 6 rings (SSSR count). The average Bonchev–Trinajstić information content (AvgIpc) is 3.27. The van der Waals surface area contributed by atoms with Gasteiger partial charge in [0.15, 0.2) is 5.82 Å². The molecule has 4 N–H and O–H groups in total. The molecule has 3 saturated carbocycles. The lowest BCUT2D eigenvalue weighted by atomic mass is 9.40. The number of anilines is 1. The molecule has 12 heteroatoms. The van der Waals surface area contributed by atoms with Crippen LogP contribution in [0.5, 0.6) is 0 Å². The fraction of sp³-hybridized carbons (Fsp3) is 0.550. The number of hydrogen-bond acceptors (Lipinski definition) is 10. The Bertz CT molecular complexity index is 1160. The van der Waals surface area contributed by atoms with Crippen LogP contribution in [0.1, 0.15) is 25.0 Å². The Hall–Kier alpha value is -3.45. The van der Waals surface area contributed by atoms with Crippen molar-refractivity contribution in [2.24, 2.45) is 5.41 Å². The van der Waals surface area contributed by atoms with Crippen LogP contribution in [-0.4, -0.2) is 68.0 Å². The van der Waals surface area contributed by atoms with Crippen molar-refractivity contribution < 1.29 is 29.2 Å². The number of nitrogens with zero attached hydrogens (tertiary/aromatic N) is 5. The third kappa shape index (κ3) is 2.74. The van der Waals surface area contributed by atoms with E-state index in [4.69, 9.17) is 26.5 Å². The minimum absolute atomic E-state index is 0.126. The van der Waals surface area contributed by atoms with E-state index >= 15 is 0 Å². The Morgan fingerprint density at radius 3 is 2.84 bits per heavy atom. The van der Waals surface area contributed by atoms with Crippen LogP contribution in [0.2, 0.25) is 0 Å². The highest BCUT2D eigenvalue weighted by atomic mass is 16.7. The first kappa shape index (κ1) is 20.5. The van der Waals surface area contributed by atoms with Gasteiger partial charge in [-0.3, -0.25) is 0 Å². The smallest absolute Gasteiger partial charge is 0.434 e. The predicted molar refractivity (Wildman–Crippen MR) is 104 cm³/mol. The number of aliphatic hydroxyl groups is 2. The number of nitrogen functional groups attached to an aromatic ring is 1. The Morgan fingerprint density at radius 2 is 2.16 bits per heavy atom. The van der Waals surface area contributed by atoms with Gasteiger partial charge in [-0.05, 0) is 12.1 Å². The van der Waals surface area contributed by atoms with Crippen LogP contribution in [0.15, 0.2) is 18.5 Å². The molecule has 4 aliphatic rings. The zero-order valence-electron chi connectivity index (χ0n) is 16.8. The van der Waals surface area contributed by atoms with E-state index in [0.717, 1.165) is 19.3 Å². The highest BCUT2D eigenvalue weighted by Crippen LogP contribution is 2.69. The molecule has 2 aromatic rings. The molecule has 2 bridgehead atoms. The van der Waals surface area contributed by atoms with Gasteiger partial charge in [0.2, 0.25) is 11.1 Å². The Balaban J connectivity index is 1.24. The summed E-state index contributed by atoms with van der Waals surface area (Å²) in [5, 5.41) is 35.1. The largest absolute Gasteiger partial charge is 0.508 e. The summed E-state index contributed by atoms with van der Waals surface area (Å²) >= 11 is 0. The van der Waals surface area contributed by atoms with Gasteiger partial charge in [-0.1, -0.05) is 0 Å². The van der Waals surface area contributed by atoms with Gasteiger partial charge >= 0.3 is 6.16 Å². The molecule has 0 unspecified atom stereocenters. The van der Waals surface area contributed by atoms with Crippen molar-refractivity contribution >= 4 is 17.5 Å². The van der Waals surface area contributed by atoms with Crippen molar-refractivity contribution in [2.75, 3.05) is 18.9 Å². The third-order valence-corrected chi connectivity index (χ3v) is 6.70. The zero-order valence-corrected chi connectivity index (χ0v) is 16.8. The fourth-order valence-corrected chi connectivity index (χ4v) is 5.16. The number of rotatable bonds is 5. The molecule has 2 aromatic heterocycles. The summed E-state index contributed by atoms with van der Waals surface area (Å²) in [6.07, 6.45) is -1.92. The van der Waals surface area contributed by atoms with Gasteiger partial charge in [0, 0.05) is 24.7 Å². The SMILES string of the molecule is [C-]#[N+]C12CC(COC(=O)OC[C@H]3O[C@@](C#N)(c4ccc5c(N)ncnn45)[C@H](O)[C@@H]3O)(C1)C2. The van der Waals surface area contributed by atoms with E-state index in [2.05, 4.69) is 14.9 Å². The topological polar surface area (TPSA) is 170 Å². The lowest BCUT2D eigenvalue weighted by Crippen LogP contribution is -2.67. The summed E-state index contributed by atoms with van der Waals surface area (Å²) in [6, 6.07) is 4.98. The molecule has 0 radical (unpaired) electrons. The summed E-state index contributed by atoms with van der Waals surface area (Å²) in [4.78, 5) is 19.5. The number of aromatic nitrogens is 3. The summed E-state index contributed by atoms with van der Waals surface area (Å²) in [7, 11) is 0. The molecule has 0 aromatic carbocycles. The minimum atomic E-state index is -1.97. The first-order valence-corrected chi connectivity index (χ1v) is 9.99. The summed E-state index contributed by atoms with van der Waals surface area (Å²) in [5.74, 6) is 0.168. The lowest BCUT2D eigenvalue weighted by Gasteiger charge is -2.61. The lowest BCUT2D eigenvalue weighted by molar-refractivity contribution is -0.146. The Morgan fingerprint density at radius 1 is 1.41 bits per heavy atom. The number of hydrogen-bond donors (Lipinski definition) is 3. The first-order chi connectivity index (χ1) is 15.3. The van der Waals surface area contributed by atoms with Gasteiger partial charge in [-0.25, -0.2) is 20.9 Å². The Labute approximate surface area is 181 Å². The Kier molecular flexibility index (Phi) is 4.33. The quantitative estimate of drug-likeness (QED) is 0.429. The van der Waals surface area contributed by atoms with Crippen molar-refractivity contribution in [2.45, 2.75) is 48.7 Å². The van der Waals surface area contributed by atoms with Crippen LogP contribution in [0.25, 0.3) is 10.4 Å². The molecule has 3 aliphatic carbocycles. The normalized spacial score (nSPS) is 37.1. The van der Waals surface area contributed by atoms with E-state index in [0.29, 0.717) is 5.52 Å². The van der Waals surface area contributed by atoms with Crippen LogP contribution < -0.4 is 5.73 Å². The molecule has 4 atom stereocenters. The molecule has 166 valence electrons. The molecule has 1 aliphatic heterocycles. The van der Waals surface area contributed by atoms with Crippen molar-refractivity contribution in [1.82, 2.24) is 14.6 Å². The van der Waals surface area contributed by atoms with E-state index in [9.17, 15) is 20.3 Å². The molecule has 0 amide bonds. The van der Waals surface area contributed by atoms with E-state index < -0.39 is 36.7 Å². The first-order valence-electron chi connectivity index (χ1n) is 9.99. The molecular weight excluding hydrogens is 420 g/mol. The number of ether oxygens (including phenoxy) is 3. The highest BCUT2D eigenvalue weighted by molar-refractivity contribution is 5.66. The van der Waals surface area contributed by atoms with Gasteiger partial charge in [-0.15, -0.1) is 0 Å².